The zero-order chi connectivity index (χ0) is 18.5. The number of fused-ring (bicyclic) bond motifs is 3. The van der Waals surface area contributed by atoms with Crippen LogP contribution in [0.25, 0.3) is 0 Å². The first-order valence-electron chi connectivity index (χ1n) is 9.91. The molecule has 2 fully saturated rings. The molecule has 0 bridgehead atoms. The van der Waals surface area contributed by atoms with E-state index < -0.39 is 5.79 Å². The molecule has 3 atom stereocenters. The Labute approximate surface area is 160 Å². The third kappa shape index (κ3) is 2.38. The van der Waals surface area contributed by atoms with E-state index in [2.05, 4.69) is 36.2 Å². The van der Waals surface area contributed by atoms with E-state index in [4.69, 9.17) is 19.2 Å². The van der Waals surface area contributed by atoms with Gasteiger partial charge in [-0.15, -0.1) is 0 Å². The van der Waals surface area contributed by atoms with Gasteiger partial charge in [-0.25, -0.2) is 9.97 Å². The summed E-state index contributed by atoms with van der Waals surface area (Å²) in [5.41, 5.74) is 3.66. The largest absolute Gasteiger partial charge is 0.497 e. The van der Waals surface area contributed by atoms with Gasteiger partial charge >= 0.3 is 0 Å². The molecule has 2 aromatic rings. The first kappa shape index (κ1) is 17.1. The molecule has 5 nitrogen and oxygen atoms in total. The second-order valence-corrected chi connectivity index (χ2v) is 8.04. The van der Waals surface area contributed by atoms with Crippen molar-refractivity contribution in [3.05, 3.63) is 53.6 Å². The number of rotatable bonds is 2. The van der Waals surface area contributed by atoms with Crippen molar-refractivity contribution < 1.29 is 14.2 Å². The van der Waals surface area contributed by atoms with Crippen LogP contribution in [0, 0.1) is 11.8 Å². The quantitative estimate of drug-likeness (QED) is 0.814. The fourth-order valence-corrected chi connectivity index (χ4v) is 5.82. The van der Waals surface area contributed by atoms with Gasteiger partial charge in [-0.3, -0.25) is 0 Å². The Balaban J connectivity index is 1.67. The number of hydrogen-bond donors (Lipinski definition) is 0. The van der Waals surface area contributed by atoms with E-state index in [0.717, 1.165) is 31.4 Å². The molecule has 5 rings (SSSR count). The highest BCUT2D eigenvalue weighted by molar-refractivity contribution is 5.45. The van der Waals surface area contributed by atoms with E-state index in [-0.39, 0.29) is 5.41 Å². The van der Waals surface area contributed by atoms with Crippen LogP contribution < -0.4 is 4.74 Å². The minimum absolute atomic E-state index is 0.122. The third-order valence-electron chi connectivity index (χ3n) is 7.11. The predicted octanol–water partition coefficient (Wildman–Crippen LogP) is 3.51. The van der Waals surface area contributed by atoms with Crippen molar-refractivity contribution in [1.82, 2.24) is 9.97 Å². The van der Waals surface area contributed by atoms with Gasteiger partial charge in [0.2, 0.25) is 0 Å². The van der Waals surface area contributed by atoms with Crippen LogP contribution in [0.1, 0.15) is 43.0 Å². The maximum atomic E-state index is 6.17. The Kier molecular flexibility index (Phi) is 3.99. The number of aromatic nitrogens is 2. The summed E-state index contributed by atoms with van der Waals surface area (Å²) < 4.78 is 17.7. The molecule has 1 spiro atoms. The van der Waals surface area contributed by atoms with Gasteiger partial charge in [-0.2, -0.15) is 0 Å². The maximum Gasteiger partial charge on any atom is 0.171 e. The predicted molar refractivity (Wildman–Crippen MR) is 101 cm³/mol. The molecule has 0 radical (unpaired) electrons. The van der Waals surface area contributed by atoms with E-state index in [9.17, 15) is 0 Å². The van der Waals surface area contributed by atoms with Gasteiger partial charge in [0, 0.05) is 24.0 Å². The summed E-state index contributed by atoms with van der Waals surface area (Å²) in [6.07, 6.45) is 7.67. The molecule has 2 aliphatic carbocycles. The molecule has 5 heteroatoms. The first-order valence-corrected chi connectivity index (χ1v) is 9.91. The average Bonchev–Trinajstić information content (AvgIpc) is 3.20. The molecule has 142 valence electrons. The van der Waals surface area contributed by atoms with E-state index in [1.165, 1.54) is 16.8 Å². The molecule has 1 aromatic carbocycles. The van der Waals surface area contributed by atoms with Crippen molar-refractivity contribution >= 4 is 0 Å². The fraction of sp³-hybridized carbons (Fsp3) is 0.545. The van der Waals surface area contributed by atoms with E-state index in [0.29, 0.717) is 25.0 Å². The molecule has 0 N–H and O–H groups in total. The Morgan fingerprint density at radius 1 is 1.11 bits per heavy atom. The zero-order valence-corrected chi connectivity index (χ0v) is 16.0. The molecular formula is C22H26N2O3. The Morgan fingerprint density at radius 3 is 2.63 bits per heavy atom. The Morgan fingerprint density at radius 2 is 1.89 bits per heavy atom. The van der Waals surface area contributed by atoms with Gasteiger partial charge in [0.1, 0.15) is 12.1 Å². The van der Waals surface area contributed by atoms with Crippen LogP contribution in [0.5, 0.6) is 5.75 Å². The van der Waals surface area contributed by atoms with Crippen molar-refractivity contribution in [3.63, 3.8) is 0 Å². The summed E-state index contributed by atoms with van der Waals surface area (Å²) >= 11 is 0. The standard InChI is InChI=1S/C22H26N2O3/c1-15-19-8-3-16-13-23-14-24-20(16)21(19,9-10-22(15)26-11-12-27-22)17-4-6-18(25-2)7-5-17/h4-7,13-15,19H,3,8-12H2,1-2H3/t15-,19-,21+/m0/s1. The lowest BCUT2D eigenvalue weighted by Crippen LogP contribution is -2.57. The summed E-state index contributed by atoms with van der Waals surface area (Å²) in [6.45, 7) is 3.70. The molecule has 0 unspecified atom stereocenters. The van der Waals surface area contributed by atoms with Gasteiger partial charge in [-0.05, 0) is 48.4 Å². The second-order valence-electron chi connectivity index (χ2n) is 8.04. The molecule has 1 saturated heterocycles. The molecule has 1 saturated carbocycles. The summed E-state index contributed by atoms with van der Waals surface area (Å²) in [7, 11) is 1.71. The molecule has 27 heavy (non-hydrogen) atoms. The molecular weight excluding hydrogens is 340 g/mol. The SMILES string of the molecule is COc1ccc([C@]23CCC4(OCCO4)[C@@H](C)[C@@H]2CCc2cncnc23)cc1. The molecule has 1 aliphatic heterocycles. The van der Waals surface area contributed by atoms with Crippen molar-refractivity contribution in [1.29, 1.82) is 0 Å². The monoisotopic (exact) mass is 366 g/mol. The van der Waals surface area contributed by atoms with E-state index in [1.807, 2.05) is 6.20 Å². The summed E-state index contributed by atoms with van der Waals surface area (Å²) in [5.74, 6) is 1.18. The van der Waals surface area contributed by atoms with Gasteiger partial charge in [0.05, 0.1) is 26.0 Å². The minimum atomic E-state index is -0.425. The maximum absolute atomic E-state index is 6.17. The van der Waals surface area contributed by atoms with Crippen LogP contribution >= 0.6 is 0 Å². The topological polar surface area (TPSA) is 53.5 Å². The Hall–Kier alpha value is -1.98. The van der Waals surface area contributed by atoms with Crippen LogP contribution in [0.2, 0.25) is 0 Å². The highest BCUT2D eigenvalue weighted by Crippen LogP contribution is 2.59. The molecule has 2 heterocycles. The molecule has 0 amide bonds. The van der Waals surface area contributed by atoms with Crippen molar-refractivity contribution in [2.45, 2.75) is 43.8 Å². The van der Waals surface area contributed by atoms with Crippen LogP contribution in [-0.2, 0) is 21.3 Å². The normalized spacial score (nSPS) is 31.3. The van der Waals surface area contributed by atoms with Crippen molar-refractivity contribution in [3.8, 4) is 5.75 Å². The second kappa shape index (κ2) is 6.28. The minimum Gasteiger partial charge on any atom is -0.497 e. The zero-order valence-electron chi connectivity index (χ0n) is 16.0. The van der Waals surface area contributed by atoms with Gasteiger partial charge < -0.3 is 14.2 Å². The number of hydrogen-bond acceptors (Lipinski definition) is 5. The Bertz CT molecular complexity index is 832. The average molecular weight is 366 g/mol. The third-order valence-corrected chi connectivity index (χ3v) is 7.11. The van der Waals surface area contributed by atoms with E-state index in [1.54, 1.807) is 13.4 Å². The van der Waals surface area contributed by atoms with Crippen LogP contribution in [0.3, 0.4) is 0 Å². The number of methoxy groups -OCH3 is 1. The summed E-state index contributed by atoms with van der Waals surface area (Å²) in [4.78, 5) is 9.12. The highest BCUT2D eigenvalue weighted by Gasteiger charge is 2.59. The van der Waals surface area contributed by atoms with Crippen molar-refractivity contribution in [2.75, 3.05) is 20.3 Å². The van der Waals surface area contributed by atoms with Gasteiger partial charge in [0.15, 0.2) is 5.79 Å². The smallest absolute Gasteiger partial charge is 0.171 e. The summed E-state index contributed by atoms with van der Waals surface area (Å²) in [5, 5.41) is 0. The highest BCUT2D eigenvalue weighted by atomic mass is 16.7. The lowest BCUT2D eigenvalue weighted by atomic mass is 9.52. The van der Waals surface area contributed by atoms with Crippen LogP contribution in [0.15, 0.2) is 36.8 Å². The number of benzene rings is 1. The number of ether oxygens (including phenoxy) is 3. The van der Waals surface area contributed by atoms with Gasteiger partial charge in [-0.1, -0.05) is 19.1 Å². The number of nitrogens with zero attached hydrogens (tertiary/aromatic N) is 2. The van der Waals surface area contributed by atoms with Crippen LogP contribution in [-0.4, -0.2) is 36.1 Å². The summed E-state index contributed by atoms with van der Waals surface area (Å²) in [6, 6.07) is 8.55. The fourth-order valence-electron chi connectivity index (χ4n) is 5.82. The molecule has 1 aromatic heterocycles. The van der Waals surface area contributed by atoms with Crippen molar-refractivity contribution in [2.24, 2.45) is 11.8 Å². The van der Waals surface area contributed by atoms with Gasteiger partial charge in [0.25, 0.3) is 0 Å². The lowest BCUT2D eigenvalue weighted by Gasteiger charge is -2.55. The van der Waals surface area contributed by atoms with E-state index >= 15 is 0 Å². The lowest BCUT2D eigenvalue weighted by molar-refractivity contribution is -0.232. The van der Waals surface area contributed by atoms with Crippen LogP contribution in [0.4, 0.5) is 0 Å². The number of aryl methyl sites for hydroxylation is 1. The first-order chi connectivity index (χ1) is 13.2. The molecule has 3 aliphatic rings.